The van der Waals surface area contributed by atoms with Gasteiger partial charge in [0.05, 0.1) is 35.5 Å². The third-order valence-corrected chi connectivity index (χ3v) is 5.06. The molecule has 32 heavy (non-hydrogen) atoms. The van der Waals surface area contributed by atoms with Crippen molar-refractivity contribution in [1.29, 1.82) is 0 Å². The number of aromatic nitrogens is 4. The smallest absolute Gasteiger partial charge is 0.252 e. The molecule has 4 aromatic rings. The van der Waals surface area contributed by atoms with Crippen molar-refractivity contribution in [3.05, 3.63) is 78.2 Å². The van der Waals surface area contributed by atoms with Crippen LogP contribution in [-0.2, 0) is 11.3 Å². The van der Waals surface area contributed by atoms with Crippen molar-refractivity contribution in [2.75, 3.05) is 13.2 Å². The normalized spacial score (nSPS) is 11.2. The lowest BCUT2D eigenvalue weighted by Crippen LogP contribution is -2.26. The van der Waals surface area contributed by atoms with Gasteiger partial charge in [-0.1, -0.05) is 30.3 Å². The average Bonchev–Trinajstić information content (AvgIpc) is 3.21. The lowest BCUT2D eigenvalue weighted by atomic mass is 10.1. The van der Waals surface area contributed by atoms with Gasteiger partial charge in [0.2, 0.25) is 0 Å². The van der Waals surface area contributed by atoms with Gasteiger partial charge in [0.1, 0.15) is 0 Å². The fourth-order valence-corrected chi connectivity index (χ4v) is 3.46. The van der Waals surface area contributed by atoms with E-state index in [1.165, 1.54) is 0 Å². The molecule has 0 aliphatic rings. The first-order valence-electron chi connectivity index (χ1n) is 10.8. The molecule has 0 fully saturated rings. The van der Waals surface area contributed by atoms with Crippen molar-refractivity contribution in [3.63, 3.8) is 0 Å². The maximum absolute atomic E-state index is 13.1. The highest BCUT2D eigenvalue weighted by Gasteiger charge is 2.17. The Morgan fingerprint density at radius 2 is 1.91 bits per heavy atom. The van der Waals surface area contributed by atoms with E-state index in [0.29, 0.717) is 30.9 Å². The minimum absolute atomic E-state index is 0.136. The minimum atomic E-state index is -0.136. The molecule has 0 spiro atoms. The number of ether oxygens (including phenoxy) is 1. The zero-order valence-corrected chi connectivity index (χ0v) is 18.4. The topological polar surface area (TPSA) is 81.9 Å². The summed E-state index contributed by atoms with van der Waals surface area (Å²) < 4.78 is 7.38. The fourth-order valence-electron chi connectivity index (χ4n) is 3.46. The van der Waals surface area contributed by atoms with E-state index in [4.69, 9.17) is 9.72 Å². The fraction of sp³-hybridized carbons (Fsp3) is 0.280. The molecular weight excluding hydrogens is 402 g/mol. The van der Waals surface area contributed by atoms with Crippen LogP contribution >= 0.6 is 0 Å². The molecule has 3 aromatic heterocycles. The molecule has 1 amide bonds. The number of hydrogen-bond acceptors (Lipinski definition) is 5. The molecule has 0 atom stereocenters. The van der Waals surface area contributed by atoms with Crippen molar-refractivity contribution in [1.82, 2.24) is 25.1 Å². The largest absolute Gasteiger partial charge is 0.379 e. The Kier molecular flexibility index (Phi) is 6.87. The quantitative estimate of drug-likeness (QED) is 0.405. The summed E-state index contributed by atoms with van der Waals surface area (Å²) in [4.78, 5) is 22.0. The highest BCUT2D eigenvalue weighted by molar-refractivity contribution is 6.06. The zero-order chi connectivity index (χ0) is 22.3. The first kappa shape index (κ1) is 21.6. The van der Waals surface area contributed by atoms with E-state index in [2.05, 4.69) is 15.4 Å². The monoisotopic (exact) mass is 429 g/mol. The first-order chi connectivity index (χ1) is 15.6. The van der Waals surface area contributed by atoms with Crippen molar-refractivity contribution >= 4 is 16.9 Å². The second-order valence-corrected chi connectivity index (χ2v) is 7.85. The molecular formula is C25H27N5O2. The van der Waals surface area contributed by atoms with Gasteiger partial charge in [-0.15, -0.1) is 0 Å². The number of nitrogens with one attached hydrogen (secondary N) is 1. The Morgan fingerprint density at radius 3 is 2.66 bits per heavy atom. The molecule has 4 rings (SSSR count). The molecule has 1 aromatic carbocycles. The van der Waals surface area contributed by atoms with Gasteiger partial charge >= 0.3 is 0 Å². The van der Waals surface area contributed by atoms with Gasteiger partial charge in [-0.2, -0.15) is 5.10 Å². The Balaban J connectivity index is 1.65. The van der Waals surface area contributed by atoms with Crippen LogP contribution in [0.4, 0.5) is 0 Å². The number of pyridine rings is 2. The number of carbonyl (C=O) groups excluding carboxylic acids is 1. The van der Waals surface area contributed by atoms with E-state index < -0.39 is 0 Å². The van der Waals surface area contributed by atoms with E-state index in [-0.39, 0.29) is 12.0 Å². The maximum atomic E-state index is 13.1. The molecule has 0 bridgehead atoms. The molecule has 0 aliphatic heterocycles. The summed E-state index contributed by atoms with van der Waals surface area (Å²) >= 11 is 0. The van der Waals surface area contributed by atoms with Crippen molar-refractivity contribution in [3.8, 4) is 11.3 Å². The summed E-state index contributed by atoms with van der Waals surface area (Å²) in [7, 11) is 0. The Labute approximate surface area is 187 Å². The van der Waals surface area contributed by atoms with Crippen LogP contribution in [0.3, 0.4) is 0 Å². The number of hydrogen-bond donors (Lipinski definition) is 1. The molecule has 7 heteroatoms. The number of benzene rings is 1. The van der Waals surface area contributed by atoms with E-state index in [1.807, 2.05) is 67.1 Å². The number of amides is 1. The van der Waals surface area contributed by atoms with E-state index in [1.54, 1.807) is 18.6 Å². The number of rotatable bonds is 9. The average molecular weight is 430 g/mol. The van der Waals surface area contributed by atoms with Crippen LogP contribution in [0.5, 0.6) is 0 Å². The van der Waals surface area contributed by atoms with Crippen LogP contribution in [0.1, 0.15) is 36.2 Å². The minimum Gasteiger partial charge on any atom is -0.379 e. The molecule has 7 nitrogen and oxygen atoms in total. The summed E-state index contributed by atoms with van der Waals surface area (Å²) in [5.74, 6) is -0.136. The van der Waals surface area contributed by atoms with Crippen molar-refractivity contribution in [2.24, 2.45) is 0 Å². The summed E-state index contributed by atoms with van der Waals surface area (Å²) in [6, 6.07) is 15.6. The van der Waals surface area contributed by atoms with Gasteiger partial charge in [0.25, 0.3) is 5.91 Å². The molecule has 3 heterocycles. The Hall–Kier alpha value is -3.58. The molecule has 0 saturated carbocycles. The molecule has 0 saturated heterocycles. The molecule has 0 aliphatic carbocycles. The van der Waals surface area contributed by atoms with Gasteiger partial charge < -0.3 is 10.1 Å². The Bertz CT molecular complexity index is 1170. The van der Waals surface area contributed by atoms with Crippen molar-refractivity contribution in [2.45, 2.75) is 32.9 Å². The lowest BCUT2D eigenvalue weighted by Gasteiger charge is -2.11. The van der Waals surface area contributed by atoms with Crippen molar-refractivity contribution < 1.29 is 9.53 Å². The predicted octanol–water partition coefficient (Wildman–Crippen LogP) is 4.09. The second kappa shape index (κ2) is 10.2. The molecule has 164 valence electrons. The summed E-state index contributed by atoms with van der Waals surface area (Å²) in [5.41, 5.74) is 4.00. The maximum Gasteiger partial charge on any atom is 0.252 e. The number of carbonyl (C=O) groups is 1. The van der Waals surface area contributed by atoms with Gasteiger partial charge in [0, 0.05) is 31.1 Å². The van der Waals surface area contributed by atoms with Crippen LogP contribution in [0.2, 0.25) is 0 Å². The summed E-state index contributed by atoms with van der Waals surface area (Å²) in [5, 5.41) is 8.27. The first-order valence-corrected chi connectivity index (χ1v) is 10.8. The van der Waals surface area contributed by atoms with E-state index >= 15 is 0 Å². The van der Waals surface area contributed by atoms with Gasteiger partial charge in [0.15, 0.2) is 5.65 Å². The molecule has 0 radical (unpaired) electrons. The molecule has 1 N–H and O–H groups in total. The van der Waals surface area contributed by atoms with Crippen LogP contribution in [0, 0.1) is 0 Å². The lowest BCUT2D eigenvalue weighted by molar-refractivity contribution is 0.0757. The van der Waals surface area contributed by atoms with Crippen LogP contribution in [0.15, 0.2) is 67.1 Å². The molecule has 0 unspecified atom stereocenters. The van der Waals surface area contributed by atoms with E-state index in [9.17, 15) is 4.79 Å². The van der Waals surface area contributed by atoms with Gasteiger partial charge in [-0.25, -0.2) is 9.67 Å². The van der Waals surface area contributed by atoms with Crippen LogP contribution in [0.25, 0.3) is 22.3 Å². The summed E-state index contributed by atoms with van der Waals surface area (Å²) in [6.07, 6.45) is 6.17. The highest BCUT2D eigenvalue weighted by Crippen LogP contribution is 2.25. The number of nitrogens with zero attached hydrogens (tertiary/aromatic N) is 4. The van der Waals surface area contributed by atoms with Gasteiger partial charge in [-0.05, 0) is 44.0 Å². The third-order valence-electron chi connectivity index (χ3n) is 5.06. The van der Waals surface area contributed by atoms with Gasteiger partial charge in [-0.3, -0.25) is 9.78 Å². The number of fused-ring (bicyclic) bond motifs is 1. The summed E-state index contributed by atoms with van der Waals surface area (Å²) in [6.45, 7) is 5.71. The highest BCUT2D eigenvalue weighted by atomic mass is 16.5. The second-order valence-electron chi connectivity index (χ2n) is 7.85. The van der Waals surface area contributed by atoms with E-state index in [0.717, 1.165) is 28.6 Å². The van der Waals surface area contributed by atoms with Crippen LogP contribution in [-0.4, -0.2) is 44.9 Å². The predicted molar refractivity (Wildman–Crippen MR) is 124 cm³/mol. The zero-order valence-electron chi connectivity index (χ0n) is 18.4. The SMILES string of the molecule is CC(C)OCCCNC(=O)c1cc(-c2ccccc2)nc2c1cnn2Cc1ccncc1. The third kappa shape index (κ3) is 5.18. The standard InChI is InChI=1S/C25H27N5O2/c1-18(2)32-14-6-11-27-25(31)21-15-23(20-7-4-3-5-8-20)29-24-22(21)16-28-30(24)17-19-9-12-26-13-10-19/h3-5,7-10,12-13,15-16,18H,6,11,14,17H2,1-2H3,(H,27,31). The van der Waals surface area contributed by atoms with Crippen LogP contribution < -0.4 is 5.32 Å². The Morgan fingerprint density at radius 1 is 1.12 bits per heavy atom.